The van der Waals surface area contributed by atoms with Gasteiger partial charge in [0.05, 0.1) is 12.3 Å². The molecule has 0 bridgehead atoms. The van der Waals surface area contributed by atoms with Gasteiger partial charge in [0.15, 0.2) is 0 Å². The molecule has 0 atom stereocenters. The Balaban J connectivity index is 1.92. The number of aryl methyl sites for hydroxylation is 1. The molecule has 3 aromatic heterocycles. The second kappa shape index (κ2) is 6.61. The third kappa shape index (κ3) is 3.35. The number of thiazole rings is 1. The summed E-state index contributed by atoms with van der Waals surface area (Å²) in [5, 5.41) is 5.79. The van der Waals surface area contributed by atoms with E-state index in [1.165, 1.54) is 22.8 Å². The van der Waals surface area contributed by atoms with Gasteiger partial charge in [-0.25, -0.2) is 4.98 Å². The Morgan fingerprint density at radius 3 is 2.79 bits per heavy atom. The van der Waals surface area contributed by atoms with Crippen molar-refractivity contribution in [1.29, 1.82) is 0 Å². The number of nitrogens with zero attached hydrogens (tertiary/aromatic N) is 3. The summed E-state index contributed by atoms with van der Waals surface area (Å²) in [4.78, 5) is 8.34. The van der Waals surface area contributed by atoms with Crippen LogP contribution in [-0.2, 0) is 17.5 Å². The van der Waals surface area contributed by atoms with Gasteiger partial charge in [-0.2, -0.15) is 18.2 Å². The van der Waals surface area contributed by atoms with Crippen molar-refractivity contribution in [1.82, 2.24) is 15.1 Å². The Labute approximate surface area is 143 Å². The molecule has 0 saturated heterocycles. The smallest absolute Gasteiger partial charge is 0.375 e. The first-order valence-electron chi connectivity index (χ1n) is 6.93. The molecule has 0 saturated carbocycles. The van der Waals surface area contributed by atoms with Crippen molar-refractivity contribution in [2.75, 3.05) is 6.61 Å². The monoisotopic (exact) mass is 375 g/mol. The minimum atomic E-state index is -4.45. The van der Waals surface area contributed by atoms with Crippen LogP contribution < -0.4 is 0 Å². The van der Waals surface area contributed by atoms with E-state index in [4.69, 9.17) is 9.26 Å². The summed E-state index contributed by atoms with van der Waals surface area (Å²) in [6.07, 6.45) is -4.45. The van der Waals surface area contributed by atoms with Crippen molar-refractivity contribution < 1.29 is 22.4 Å². The summed E-state index contributed by atoms with van der Waals surface area (Å²) in [6.45, 7) is 4.59. The lowest BCUT2D eigenvalue weighted by Gasteiger charge is -2.04. The molecule has 0 amide bonds. The van der Waals surface area contributed by atoms with E-state index in [1.54, 1.807) is 6.92 Å². The molecule has 0 radical (unpaired) electrons. The van der Waals surface area contributed by atoms with Crippen molar-refractivity contribution in [3.05, 3.63) is 27.0 Å². The maximum Gasteiger partial charge on any atom is 0.426 e. The van der Waals surface area contributed by atoms with Crippen molar-refractivity contribution in [3.63, 3.8) is 0 Å². The third-order valence-electron chi connectivity index (χ3n) is 3.05. The van der Waals surface area contributed by atoms with E-state index in [0.29, 0.717) is 35.1 Å². The van der Waals surface area contributed by atoms with Gasteiger partial charge in [0.1, 0.15) is 14.8 Å². The van der Waals surface area contributed by atoms with Crippen LogP contribution in [0, 0.1) is 6.92 Å². The SMILES string of the molecule is CCOCc1nc(C)c(-c2nc(-c3ccsc3C(F)(F)F)no2)s1. The molecular formula is C14H12F3N3O2S2. The first-order valence-corrected chi connectivity index (χ1v) is 8.63. The average Bonchev–Trinajstić information content (AvgIpc) is 3.22. The van der Waals surface area contributed by atoms with E-state index in [2.05, 4.69) is 15.1 Å². The fourth-order valence-corrected chi connectivity index (χ4v) is 3.72. The molecule has 5 nitrogen and oxygen atoms in total. The van der Waals surface area contributed by atoms with Gasteiger partial charge in [0, 0.05) is 12.2 Å². The van der Waals surface area contributed by atoms with Crippen LogP contribution in [0.2, 0.25) is 0 Å². The standard InChI is InChI=1S/C14H12F3N3O2S2/c1-3-21-6-9-18-7(2)10(24-9)13-19-12(20-22-13)8-4-5-23-11(8)14(15,16)17/h4-5H,3,6H2,1-2H3. The molecule has 0 aromatic carbocycles. The van der Waals surface area contributed by atoms with Gasteiger partial charge in [-0.1, -0.05) is 5.16 Å². The molecule has 0 aliphatic heterocycles. The fourth-order valence-electron chi connectivity index (χ4n) is 2.03. The van der Waals surface area contributed by atoms with E-state index in [-0.39, 0.29) is 17.3 Å². The van der Waals surface area contributed by atoms with Gasteiger partial charge >= 0.3 is 6.18 Å². The first kappa shape index (κ1) is 17.1. The number of hydrogen-bond donors (Lipinski definition) is 0. The van der Waals surface area contributed by atoms with Crippen LogP contribution in [0.15, 0.2) is 16.0 Å². The molecule has 3 aromatic rings. The fraction of sp³-hybridized carbons (Fsp3) is 0.357. The Morgan fingerprint density at radius 2 is 2.08 bits per heavy atom. The zero-order valence-electron chi connectivity index (χ0n) is 12.7. The van der Waals surface area contributed by atoms with Crippen molar-refractivity contribution in [2.45, 2.75) is 26.6 Å². The minimum Gasteiger partial charge on any atom is -0.375 e. The van der Waals surface area contributed by atoms with Gasteiger partial charge in [0.2, 0.25) is 5.82 Å². The van der Waals surface area contributed by atoms with E-state index in [1.807, 2.05) is 6.92 Å². The highest BCUT2D eigenvalue weighted by Crippen LogP contribution is 2.40. The van der Waals surface area contributed by atoms with E-state index in [9.17, 15) is 13.2 Å². The lowest BCUT2D eigenvalue weighted by molar-refractivity contribution is -0.133. The second-order valence-corrected chi connectivity index (χ2v) is 6.74. The predicted octanol–water partition coefficient (Wildman–Crippen LogP) is 4.79. The van der Waals surface area contributed by atoms with E-state index in [0.717, 1.165) is 5.01 Å². The molecule has 24 heavy (non-hydrogen) atoms. The highest BCUT2D eigenvalue weighted by Gasteiger charge is 2.36. The van der Waals surface area contributed by atoms with Crippen molar-refractivity contribution in [3.8, 4) is 22.2 Å². The molecule has 0 N–H and O–H groups in total. The summed E-state index contributed by atoms with van der Waals surface area (Å²) in [5.74, 6) is 0.0693. The summed E-state index contributed by atoms with van der Waals surface area (Å²) in [5.41, 5.74) is 0.588. The third-order valence-corrected chi connectivity index (χ3v) is 5.13. The van der Waals surface area contributed by atoms with E-state index < -0.39 is 11.1 Å². The van der Waals surface area contributed by atoms with Crippen molar-refractivity contribution in [2.24, 2.45) is 0 Å². The Morgan fingerprint density at radius 1 is 1.29 bits per heavy atom. The predicted molar refractivity (Wildman–Crippen MR) is 83.8 cm³/mol. The van der Waals surface area contributed by atoms with Crippen LogP contribution in [0.25, 0.3) is 22.2 Å². The van der Waals surface area contributed by atoms with Crippen LogP contribution in [0.3, 0.4) is 0 Å². The van der Waals surface area contributed by atoms with Gasteiger partial charge in [-0.05, 0) is 25.3 Å². The summed E-state index contributed by atoms with van der Waals surface area (Å²) < 4.78 is 49.4. The van der Waals surface area contributed by atoms with Gasteiger partial charge in [-0.3, -0.25) is 0 Å². The van der Waals surface area contributed by atoms with Crippen molar-refractivity contribution >= 4 is 22.7 Å². The molecule has 3 rings (SSSR count). The number of thiophene rings is 1. The number of ether oxygens (including phenoxy) is 1. The average molecular weight is 375 g/mol. The quantitative estimate of drug-likeness (QED) is 0.642. The van der Waals surface area contributed by atoms with Crippen LogP contribution in [0.1, 0.15) is 22.5 Å². The molecule has 0 aliphatic rings. The largest absolute Gasteiger partial charge is 0.426 e. The Bertz CT molecular complexity index is 839. The normalized spacial score (nSPS) is 12.0. The topological polar surface area (TPSA) is 61.0 Å². The lowest BCUT2D eigenvalue weighted by Crippen LogP contribution is -2.03. The number of halogens is 3. The maximum atomic E-state index is 13.0. The molecule has 0 unspecified atom stereocenters. The number of aromatic nitrogens is 3. The van der Waals surface area contributed by atoms with Gasteiger partial charge in [0.25, 0.3) is 5.89 Å². The van der Waals surface area contributed by atoms with E-state index >= 15 is 0 Å². The minimum absolute atomic E-state index is 0.0841. The Kier molecular flexibility index (Phi) is 4.70. The number of rotatable bonds is 5. The highest BCUT2D eigenvalue weighted by molar-refractivity contribution is 7.15. The molecule has 0 spiro atoms. The van der Waals surface area contributed by atoms with Crippen LogP contribution in [0.5, 0.6) is 0 Å². The number of hydrogen-bond acceptors (Lipinski definition) is 7. The van der Waals surface area contributed by atoms with Crippen LogP contribution in [0.4, 0.5) is 13.2 Å². The molecule has 0 aliphatic carbocycles. The maximum absolute atomic E-state index is 13.0. The first-order chi connectivity index (χ1) is 11.4. The summed E-state index contributed by atoms with van der Waals surface area (Å²) >= 11 is 1.92. The molecular weight excluding hydrogens is 363 g/mol. The Hall–Kier alpha value is -1.78. The zero-order chi connectivity index (χ0) is 17.3. The zero-order valence-corrected chi connectivity index (χ0v) is 14.3. The molecule has 0 fully saturated rings. The number of alkyl halides is 3. The highest BCUT2D eigenvalue weighted by atomic mass is 32.1. The van der Waals surface area contributed by atoms with Crippen LogP contribution >= 0.6 is 22.7 Å². The second-order valence-electron chi connectivity index (χ2n) is 4.74. The van der Waals surface area contributed by atoms with Gasteiger partial charge in [-0.15, -0.1) is 22.7 Å². The van der Waals surface area contributed by atoms with Gasteiger partial charge < -0.3 is 9.26 Å². The van der Waals surface area contributed by atoms with Crippen LogP contribution in [-0.4, -0.2) is 21.7 Å². The summed E-state index contributed by atoms with van der Waals surface area (Å²) in [6, 6.07) is 1.34. The lowest BCUT2D eigenvalue weighted by atomic mass is 10.2. The molecule has 3 heterocycles. The summed E-state index contributed by atoms with van der Waals surface area (Å²) in [7, 11) is 0. The molecule has 10 heteroatoms. The molecule has 128 valence electrons.